The average molecular weight is 290 g/mol. The van der Waals surface area contributed by atoms with Crippen molar-refractivity contribution in [2.45, 2.75) is 18.7 Å². The van der Waals surface area contributed by atoms with Crippen molar-refractivity contribution in [3.8, 4) is 0 Å². The second-order valence-corrected chi connectivity index (χ2v) is 4.85. The molecule has 6 nitrogen and oxygen atoms in total. The third kappa shape index (κ3) is 5.33. The first-order valence-corrected chi connectivity index (χ1v) is 6.56. The number of amides is 1. The highest BCUT2D eigenvalue weighted by molar-refractivity contribution is 7.98. The van der Waals surface area contributed by atoms with E-state index < -0.39 is 12.0 Å². The van der Waals surface area contributed by atoms with Gasteiger partial charge in [0.1, 0.15) is 11.2 Å². The molecule has 2 N–H and O–H groups in total. The van der Waals surface area contributed by atoms with Gasteiger partial charge in [0.2, 0.25) is 5.91 Å². The minimum Gasteiger partial charge on any atom is -0.480 e. The highest BCUT2D eigenvalue weighted by Gasteiger charge is 2.18. The Bertz CT molecular complexity index is 427. The van der Waals surface area contributed by atoms with Crippen molar-refractivity contribution < 1.29 is 14.7 Å². The molecule has 0 spiro atoms. The molecule has 0 bridgehead atoms. The number of carboxylic acids is 1. The van der Waals surface area contributed by atoms with Crippen molar-refractivity contribution in [2.24, 2.45) is 0 Å². The summed E-state index contributed by atoms with van der Waals surface area (Å²) in [6, 6.07) is -0.896. The van der Waals surface area contributed by atoms with E-state index in [4.69, 9.17) is 16.7 Å². The van der Waals surface area contributed by atoms with Gasteiger partial charge in [0.25, 0.3) is 0 Å². The number of hydrogen-bond acceptors (Lipinski definition) is 5. The van der Waals surface area contributed by atoms with Crippen LogP contribution in [-0.4, -0.2) is 38.7 Å². The molecule has 0 aliphatic rings. The van der Waals surface area contributed by atoms with Gasteiger partial charge in [-0.3, -0.25) is 9.78 Å². The van der Waals surface area contributed by atoms with E-state index in [1.54, 1.807) is 0 Å². The number of hydrogen-bond donors (Lipinski definition) is 2. The minimum atomic E-state index is -1.06. The lowest BCUT2D eigenvalue weighted by atomic mass is 10.3. The summed E-state index contributed by atoms with van der Waals surface area (Å²) in [4.78, 5) is 29.6. The van der Waals surface area contributed by atoms with Crippen LogP contribution in [-0.2, 0) is 15.3 Å². The van der Waals surface area contributed by atoms with Crippen LogP contribution < -0.4 is 5.32 Å². The first-order chi connectivity index (χ1) is 8.49. The average Bonchev–Trinajstić information content (AvgIpc) is 2.29. The number of nitrogens with one attached hydrogen (secondary N) is 1. The highest BCUT2D eigenvalue weighted by atomic mass is 35.5. The van der Waals surface area contributed by atoms with Gasteiger partial charge in [0.15, 0.2) is 0 Å². The molecule has 1 unspecified atom stereocenters. The van der Waals surface area contributed by atoms with Crippen molar-refractivity contribution in [2.75, 3.05) is 5.75 Å². The molecule has 1 aromatic rings. The number of carboxylic acid groups (broad SMARTS) is 1. The first kappa shape index (κ1) is 14.7. The van der Waals surface area contributed by atoms with Crippen LogP contribution in [0.25, 0.3) is 0 Å². The Hall–Kier alpha value is -1.34. The zero-order valence-corrected chi connectivity index (χ0v) is 11.2. The molecule has 0 fully saturated rings. The molecule has 18 heavy (non-hydrogen) atoms. The van der Waals surface area contributed by atoms with Crippen LogP contribution in [0.2, 0.25) is 5.15 Å². The molecule has 98 valence electrons. The van der Waals surface area contributed by atoms with Crippen LogP contribution in [0, 0.1) is 0 Å². The van der Waals surface area contributed by atoms with Crippen molar-refractivity contribution in [3.05, 3.63) is 23.2 Å². The van der Waals surface area contributed by atoms with Crippen molar-refractivity contribution >= 4 is 35.2 Å². The SMILES string of the molecule is CC(=O)NC(CSCc1cnc(Cl)cn1)C(=O)O. The number of carbonyl (C=O) groups excluding carboxylic acids is 1. The number of thioether (sulfide) groups is 1. The zero-order chi connectivity index (χ0) is 13.5. The van der Waals surface area contributed by atoms with E-state index in [0.29, 0.717) is 16.6 Å². The highest BCUT2D eigenvalue weighted by Crippen LogP contribution is 2.12. The fraction of sp³-hybridized carbons (Fsp3) is 0.400. The maximum Gasteiger partial charge on any atom is 0.327 e. The fourth-order valence-electron chi connectivity index (χ4n) is 1.11. The third-order valence-corrected chi connectivity index (χ3v) is 3.15. The predicted molar refractivity (Wildman–Crippen MR) is 68.4 cm³/mol. The lowest BCUT2D eigenvalue weighted by Crippen LogP contribution is -2.41. The summed E-state index contributed by atoms with van der Waals surface area (Å²) in [7, 11) is 0. The standard InChI is InChI=1S/C10H12ClN3O3S/c1-6(15)14-8(10(16)17)5-18-4-7-2-13-9(11)3-12-7/h2-3,8H,4-5H2,1H3,(H,14,15)(H,16,17). The number of carbonyl (C=O) groups is 2. The molecular weight excluding hydrogens is 278 g/mol. The number of nitrogens with zero attached hydrogens (tertiary/aromatic N) is 2. The van der Waals surface area contributed by atoms with Crippen LogP contribution in [0.4, 0.5) is 0 Å². The number of rotatable bonds is 6. The maximum absolute atomic E-state index is 10.8. The summed E-state index contributed by atoms with van der Waals surface area (Å²) in [5.74, 6) is -0.651. The molecule has 0 saturated heterocycles. The lowest BCUT2D eigenvalue weighted by molar-refractivity contribution is -0.140. The summed E-state index contributed by atoms with van der Waals surface area (Å²) in [6.45, 7) is 1.28. The van der Waals surface area contributed by atoms with E-state index in [-0.39, 0.29) is 11.7 Å². The molecule has 0 aliphatic carbocycles. The number of halogens is 1. The van der Waals surface area contributed by atoms with E-state index >= 15 is 0 Å². The molecule has 1 atom stereocenters. The molecule has 1 aromatic heterocycles. The molecule has 0 aromatic carbocycles. The Labute approximate surface area is 113 Å². The van der Waals surface area contributed by atoms with Gasteiger partial charge < -0.3 is 10.4 Å². The van der Waals surface area contributed by atoms with Gasteiger partial charge in [0, 0.05) is 18.4 Å². The topological polar surface area (TPSA) is 92.2 Å². The third-order valence-electron chi connectivity index (χ3n) is 1.88. The van der Waals surface area contributed by atoms with Crippen LogP contribution in [0.1, 0.15) is 12.6 Å². The monoisotopic (exact) mass is 289 g/mol. The summed E-state index contributed by atoms with van der Waals surface area (Å²) in [5, 5.41) is 11.6. The predicted octanol–water partition coefficient (Wildman–Crippen LogP) is 0.952. The van der Waals surface area contributed by atoms with Crippen LogP contribution in [0.5, 0.6) is 0 Å². The Balaban J connectivity index is 2.41. The minimum absolute atomic E-state index is 0.263. The summed E-state index contributed by atoms with van der Waals surface area (Å²) in [6.07, 6.45) is 2.96. The molecule has 0 radical (unpaired) electrons. The molecule has 1 amide bonds. The lowest BCUT2D eigenvalue weighted by Gasteiger charge is -2.12. The Morgan fingerprint density at radius 3 is 2.72 bits per heavy atom. The van der Waals surface area contributed by atoms with E-state index in [1.165, 1.54) is 31.1 Å². The molecule has 1 rings (SSSR count). The van der Waals surface area contributed by atoms with E-state index in [0.717, 1.165) is 0 Å². The Kier molecular flexibility index (Phi) is 5.87. The van der Waals surface area contributed by atoms with Gasteiger partial charge >= 0.3 is 5.97 Å². The van der Waals surface area contributed by atoms with Gasteiger partial charge in [-0.15, -0.1) is 0 Å². The van der Waals surface area contributed by atoms with E-state index in [9.17, 15) is 9.59 Å². The number of aliphatic carboxylic acids is 1. The quantitative estimate of drug-likeness (QED) is 0.810. The summed E-state index contributed by atoms with van der Waals surface area (Å²) >= 11 is 6.94. The van der Waals surface area contributed by atoms with Crippen molar-refractivity contribution in [1.82, 2.24) is 15.3 Å². The second kappa shape index (κ2) is 7.17. The second-order valence-electron chi connectivity index (χ2n) is 3.44. The zero-order valence-electron chi connectivity index (χ0n) is 9.59. The fourth-order valence-corrected chi connectivity index (χ4v) is 2.15. The van der Waals surface area contributed by atoms with Gasteiger partial charge in [-0.25, -0.2) is 9.78 Å². The largest absolute Gasteiger partial charge is 0.480 e. The van der Waals surface area contributed by atoms with Crippen molar-refractivity contribution in [1.29, 1.82) is 0 Å². The molecule has 8 heteroatoms. The Morgan fingerprint density at radius 2 is 2.22 bits per heavy atom. The van der Waals surface area contributed by atoms with Gasteiger partial charge in [0.05, 0.1) is 18.1 Å². The van der Waals surface area contributed by atoms with Gasteiger partial charge in [-0.1, -0.05) is 11.6 Å². The van der Waals surface area contributed by atoms with Gasteiger partial charge in [-0.05, 0) is 0 Å². The summed E-state index contributed by atoms with van der Waals surface area (Å²) in [5.41, 5.74) is 0.705. The van der Waals surface area contributed by atoms with Crippen molar-refractivity contribution in [3.63, 3.8) is 0 Å². The summed E-state index contributed by atoms with van der Waals surface area (Å²) < 4.78 is 0. The van der Waals surface area contributed by atoms with Gasteiger partial charge in [-0.2, -0.15) is 11.8 Å². The number of aromatic nitrogens is 2. The Morgan fingerprint density at radius 1 is 1.50 bits per heavy atom. The molecular formula is C10H12ClN3O3S. The first-order valence-electron chi connectivity index (χ1n) is 5.03. The van der Waals surface area contributed by atoms with E-state index in [2.05, 4.69) is 15.3 Å². The molecule has 0 saturated carbocycles. The maximum atomic E-state index is 10.8. The van der Waals surface area contributed by atoms with E-state index in [1.807, 2.05) is 0 Å². The van der Waals surface area contributed by atoms with Crippen LogP contribution >= 0.6 is 23.4 Å². The molecule has 0 aliphatic heterocycles. The molecule has 1 heterocycles. The van der Waals surface area contributed by atoms with Crippen LogP contribution in [0.15, 0.2) is 12.4 Å². The van der Waals surface area contributed by atoms with Crippen LogP contribution in [0.3, 0.4) is 0 Å². The smallest absolute Gasteiger partial charge is 0.327 e. The normalized spacial score (nSPS) is 11.9.